The first-order valence-electron chi connectivity index (χ1n) is 20.2. The van der Waals surface area contributed by atoms with Crippen molar-refractivity contribution in [3.05, 3.63) is 109 Å². The first-order chi connectivity index (χ1) is 26.3. The van der Waals surface area contributed by atoms with Crippen molar-refractivity contribution in [2.45, 2.75) is 148 Å². The molecule has 0 spiro atoms. The van der Waals surface area contributed by atoms with Gasteiger partial charge in [0.1, 0.15) is 6.61 Å². The molecule has 0 saturated carbocycles. The fourth-order valence-corrected chi connectivity index (χ4v) is 5.12. The summed E-state index contributed by atoms with van der Waals surface area (Å²) in [6.07, 6.45) is 55.4. The molecule has 0 aliphatic carbocycles. The molecule has 0 unspecified atom stereocenters. The number of hydrogen-bond acceptors (Lipinski definition) is 6. The predicted molar refractivity (Wildman–Crippen MR) is 225 cm³/mol. The number of rotatable bonds is 35. The van der Waals surface area contributed by atoms with Crippen LogP contribution in [0.4, 0.5) is 0 Å². The Morgan fingerprint density at radius 3 is 1.24 bits per heavy atom. The molecule has 0 fully saturated rings. The molecule has 304 valence electrons. The van der Waals surface area contributed by atoms with E-state index in [4.69, 9.17) is 19.3 Å². The lowest BCUT2D eigenvalue weighted by Crippen LogP contribution is -2.29. The van der Waals surface area contributed by atoms with Gasteiger partial charge in [-0.15, -0.1) is 0 Å². The van der Waals surface area contributed by atoms with Gasteiger partial charge in [-0.2, -0.15) is 0 Å². The minimum Gasteiger partial charge on any atom is -0.462 e. The summed E-state index contributed by atoms with van der Waals surface area (Å²) in [6, 6.07) is 0. The zero-order valence-electron chi connectivity index (χ0n) is 33.3. The molecule has 0 aromatic rings. The highest BCUT2D eigenvalue weighted by Crippen LogP contribution is 2.35. The molecular formula is C45H71O8P. The van der Waals surface area contributed by atoms with E-state index in [0.29, 0.717) is 19.3 Å². The van der Waals surface area contributed by atoms with Gasteiger partial charge in [0.25, 0.3) is 0 Å². The number of esters is 2. The molecule has 0 heterocycles. The molecule has 0 radical (unpaired) electrons. The van der Waals surface area contributed by atoms with Gasteiger partial charge in [-0.05, 0) is 89.9 Å². The van der Waals surface area contributed by atoms with Crippen molar-refractivity contribution in [2.75, 3.05) is 13.2 Å². The van der Waals surface area contributed by atoms with Gasteiger partial charge in [0.2, 0.25) is 0 Å². The van der Waals surface area contributed by atoms with Crippen LogP contribution in [0.15, 0.2) is 109 Å². The molecule has 2 N–H and O–H groups in total. The van der Waals surface area contributed by atoms with Crippen LogP contribution in [0.25, 0.3) is 0 Å². The standard InChI is InChI=1S/C45H71O8P/c1-3-5-7-9-11-13-15-17-19-21-22-24-26-28-30-32-34-36-38-40-45(47)53-43(42-52-54(48,49)50)41-51-44(46)39-37-35-33-31-29-27-25-23-20-18-16-14-12-10-8-6-4-2/h11-14,17-20,22,24-25,27-28,30-31,33-34,36,43H,3-10,15-16,21,23,26,29,32,35,37-42H2,1-2H3,(H2,48,49,50)/b13-11+,14-12+,19-17+,20-18+,24-22+,27-25+,30-28+,33-31+,36-34+/t43-/m1/s1. The van der Waals surface area contributed by atoms with Crippen LogP contribution in [0.1, 0.15) is 142 Å². The number of ether oxygens (including phenoxy) is 2. The van der Waals surface area contributed by atoms with E-state index in [9.17, 15) is 14.2 Å². The molecule has 0 aromatic carbocycles. The van der Waals surface area contributed by atoms with Crippen molar-refractivity contribution >= 4 is 19.8 Å². The maximum atomic E-state index is 12.4. The van der Waals surface area contributed by atoms with Crippen molar-refractivity contribution in [3.8, 4) is 0 Å². The van der Waals surface area contributed by atoms with Gasteiger partial charge < -0.3 is 19.3 Å². The number of phosphoric acid groups is 1. The van der Waals surface area contributed by atoms with E-state index < -0.39 is 32.5 Å². The number of hydrogen-bond donors (Lipinski definition) is 2. The third-order valence-electron chi connectivity index (χ3n) is 7.78. The number of carbonyl (C=O) groups is 2. The Morgan fingerprint density at radius 1 is 0.481 bits per heavy atom. The van der Waals surface area contributed by atoms with Crippen LogP contribution in [0.2, 0.25) is 0 Å². The number of allylic oxidation sites excluding steroid dienone is 18. The highest BCUT2D eigenvalue weighted by atomic mass is 31.2. The van der Waals surface area contributed by atoms with Crippen molar-refractivity contribution in [1.82, 2.24) is 0 Å². The van der Waals surface area contributed by atoms with Gasteiger partial charge in [-0.1, -0.05) is 149 Å². The first-order valence-corrected chi connectivity index (χ1v) is 21.7. The number of unbranched alkanes of at least 4 members (excludes halogenated alkanes) is 7. The molecule has 9 heteroatoms. The van der Waals surface area contributed by atoms with Gasteiger partial charge in [0, 0.05) is 12.8 Å². The van der Waals surface area contributed by atoms with Crippen LogP contribution in [0.5, 0.6) is 0 Å². The summed E-state index contributed by atoms with van der Waals surface area (Å²) in [5.74, 6) is -1.06. The highest BCUT2D eigenvalue weighted by Gasteiger charge is 2.22. The van der Waals surface area contributed by atoms with E-state index in [1.54, 1.807) is 0 Å². The maximum absolute atomic E-state index is 12.4. The van der Waals surface area contributed by atoms with Gasteiger partial charge in [-0.3, -0.25) is 14.1 Å². The van der Waals surface area contributed by atoms with Crippen LogP contribution in [-0.4, -0.2) is 41.0 Å². The van der Waals surface area contributed by atoms with E-state index in [0.717, 1.165) is 51.4 Å². The highest BCUT2D eigenvalue weighted by molar-refractivity contribution is 7.46. The second-order valence-electron chi connectivity index (χ2n) is 12.9. The van der Waals surface area contributed by atoms with Crippen molar-refractivity contribution in [2.24, 2.45) is 0 Å². The lowest BCUT2D eigenvalue weighted by atomic mass is 10.2. The molecule has 0 aliphatic heterocycles. The van der Waals surface area contributed by atoms with E-state index in [1.807, 2.05) is 18.2 Å². The van der Waals surface area contributed by atoms with E-state index in [2.05, 4.69) is 110 Å². The Hall–Kier alpha value is -3.29. The molecule has 0 amide bonds. The second-order valence-corrected chi connectivity index (χ2v) is 14.1. The molecule has 54 heavy (non-hydrogen) atoms. The van der Waals surface area contributed by atoms with Gasteiger partial charge in [0.15, 0.2) is 6.10 Å². The second kappa shape index (κ2) is 39.4. The Bertz CT molecular complexity index is 1230. The first kappa shape index (κ1) is 50.7. The predicted octanol–water partition coefficient (Wildman–Crippen LogP) is 12.4. The van der Waals surface area contributed by atoms with Gasteiger partial charge >= 0.3 is 19.8 Å². The third kappa shape index (κ3) is 41.5. The lowest BCUT2D eigenvalue weighted by Gasteiger charge is -2.18. The largest absolute Gasteiger partial charge is 0.469 e. The Labute approximate surface area is 327 Å². The van der Waals surface area contributed by atoms with Crippen molar-refractivity contribution < 1.29 is 37.9 Å². The summed E-state index contributed by atoms with van der Waals surface area (Å²) in [5.41, 5.74) is 0. The molecule has 8 nitrogen and oxygen atoms in total. The Balaban J connectivity index is 4.20. The number of carbonyl (C=O) groups excluding carboxylic acids is 2. The Morgan fingerprint density at radius 2 is 0.852 bits per heavy atom. The summed E-state index contributed by atoms with van der Waals surface area (Å²) in [5, 5.41) is 0. The van der Waals surface area contributed by atoms with E-state index in [-0.39, 0.29) is 19.4 Å². The molecule has 0 rings (SSSR count). The molecular weight excluding hydrogens is 699 g/mol. The zero-order chi connectivity index (χ0) is 39.6. The van der Waals surface area contributed by atoms with Crippen molar-refractivity contribution in [1.29, 1.82) is 0 Å². The summed E-state index contributed by atoms with van der Waals surface area (Å²) in [7, 11) is -4.79. The van der Waals surface area contributed by atoms with Crippen LogP contribution in [-0.2, 0) is 28.2 Å². The normalized spacial score (nSPS) is 13.6. The summed E-state index contributed by atoms with van der Waals surface area (Å²) < 4.78 is 26.2. The SMILES string of the molecule is CCCCC/C=C/C/C=C/C/C=C/C/C=C/C/C=C/CCC(=O)O[C@H](COC(=O)CCC/C=C/C/C=C/C/C=C/C/C=C/CCCCC)COP(=O)(O)O. The van der Waals surface area contributed by atoms with Crippen LogP contribution in [0, 0.1) is 0 Å². The topological polar surface area (TPSA) is 119 Å². The van der Waals surface area contributed by atoms with E-state index >= 15 is 0 Å². The molecule has 0 aliphatic rings. The molecule has 0 saturated heterocycles. The average Bonchev–Trinajstić information content (AvgIpc) is 3.14. The number of phosphoric ester groups is 1. The van der Waals surface area contributed by atoms with Crippen LogP contribution in [0.3, 0.4) is 0 Å². The third-order valence-corrected chi connectivity index (χ3v) is 8.26. The quantitative estimate of drug-likeness (QED) is 0.0283. The fourth-order valence-electron chi connectivity index (χ4n) is 4.76. The summed E-state index contributed by atoms with van der Waals surface area (Å²) in [4.78, 5) is 42.7. The summed E-state index contributed by atoms with van der Waals surface area (Å²) in [6.45, 7) is 3.50. The molecule has 0 aromatic heterocycles. The maximum Gasteiger partial charge on any atom is 0.469 e. The minimum absolute atomic E-state index is 0.0700. The van der Waals surface area contributed by atoms with Gasteiger partial charge in [0.05, 0.1) is 6.61 Å². The van der Waals surface area contributed by atoms with Crippen LogP contribution < -0.4 is 0 Å². The summed E-state index contributed by atoms with van der Waals surface area (Å²) >= 11 is 0. The van der Waals surface area contributed by atoms with Crippen LogP contribution >= 0.6 is 7.82 Å². The molecule has 1 atom stereocenters. The van der Waals surface area contributed by atoms with E-state index in [1.165, 1.54) is 44.9 Å². The van der Waals surface area contributed by atoms with Gasteiger partial charge in [-0.25, -0.2) is 4.57 Å². The zero-order valence-corrected chi connectivity index (χ0v) is 34.2. The Kier molecular flexibility index (Phi) is 37.0. The van der Waals surface area contributed by atoms with Crippen molar-refractivity contribution in [3.63, 3.8) is 0 Å². The lowest BCUT2D eigenvalue weighted by molar-refractivity contribution is -0.161. The molecule has 0 bridgehead atoms. The monoisotopic (exact) mass is 770 g/mol. The minimum atomic E-state index is -4.79. The fraction of sp³-hybridized carbons (Fsp3) is 0.556. The smallest absolute Gasteiger partial charge is 0.462 e. The average molecular weight is 771 g/mol.